The van der Waals surface area contributed by atoms with Crippen molar-refractivity contribution in [3.05, 3.63) is 60.2 Å². The van der Waals surface area contributed by atoms with Gasteiger partial charge in [0.2, 0.25) is 20.0 Å². The zero-order valence-corrected chi connectivity index (χ0v) is 17.2. The lowest BCUT2D eigenvalue weighted by Crippen LogP contribution is -2.32. The molecule has 3 rings (SSSR count). The van der Waals surface area contributed by atoms with E-state index >= 15 is 0 Å². The summed E-state index contributed by atoms with van der Waals surface area (Å²) in [6, 6.07) is 14.5. The minimum absolute atomic E-state index is 0.0233. The molecule has 0 spiro atoms. The van der Waals surface area contributed by atoms with Crippen LogP contribution < -0.4 is 4.72 Å². The molecule has 2 aromatic rings. The molecule has 0 aliphatic carbocycles. The molecule has 1 N–H and O–H groups in total. The number of sulfonamides is 2. The predicted octanol–water partition coefficient (Wildman–Crippen LogP) is 1.96. The molecule has 1 aliphatic heterocycles. The third-order valence-electron chi connectivity index (χ3n) is 4.62. The quantitative estimate of drug-likeness (QED) is 0.699. The van der Waals surface area contributed by atoms with Crippen molar-refractivity contribution in [3.8, 4) is 0 Å². The van der Waals surface area contributed by atoms with Gasteiger partial charge in [-0.2, -0.15) is 4.31 Å². The molecule has 0 radical (unpaired) electrons. The maximum Gasteiger partial charge on any atom is 0.243 e. The van der Waals surface area contributed by atoms with Crippen LogP contribution in [0.3, 0.4) is 0 Å². The summed E-state index contributed by atoms with van der Waals surface area (Å²) in [4.78, 5) is 0.0687. The predicted molar refractivity (Wildman–Crippen MR) is 106 cm³/mol. The number of nitrogens with zero attached hydrogens (tertiary/aromatic N) is 1. The summed E-state index contributed by atoms with van der Waals surface area (Å²) in [6.45, 7) is 1.09. The van der Waals surface area contributed by atoms with Gasteiger partial charge in [-0.05, 0) is 42.7 Å². The van der Waals surface area contributed by atoms with Gasteiger partial charge in [-0.3, -0.25) is 0 Å². The van der Waals surface area contributed by atoms with Crippen molar-refractivity contribution in [3.63, 3.8) is 0 Å². The van der Waals surface area contributed by atoms with E-state index < -0.39 is 20.0 Å². The van der Waals surface area contributed by atoms with Crippen molar-refractivity contribution in [2.45, 2.75) is 35.3 Å². The topological polar surface area (TPSA) is 92.8 Å². The van der Waals surface area contributed by atoms with Crippen LogP contribution in [0.25, 0.3) is 0 Å². The van der Waals surface area contributed by atoms with Crippen LogP contribution in [-0.4, -0.2) is 47.4 Å². The molecule has 1 fully saturated rings. The van der Waals surface area contributed by atoms with E-state index in [9.17, 15) is 16.8 Å². The van der Waals surface area contributed by atoms with E-state index in [0.717, 1.165) is 18.4 Å². The van der Waals surface area contributed by atoms with Gasteiger partial charge in [0, 0.05) is 26.7 Å². The summed E-state index contributed by atoms with van der Waals surface area (Å²) < 4.78 is 59.4. The summed E-state index contributed by atoms with van der Waals surface area (Å²) in [7, 11) is -5.95. The second-order valence-corrected chi connectivity index (χ2v) is 10.5. The molecule has 7 nitrogen and oxygen atoms in total. The third-order valence-corrected chi connectivity index (χ3v) is 7.87. The van der Waals surface area contributed by atoms with Crippen molar-refractivity contribution in [1.29, 1.82) is 0 Å². The molecule has 0 unspecified atom stereocenters. The molecule has 28 heavy (non-hydrogen) atoms. The Balaban J connectivity index is 1.69. The highest BCUT2D eigenvalue weighted by Crippen LogP contribution is 2.20. The van der Waals surface area contributed by atoms with E-state index in [0.29, 0.717) is 6.61 Å². The van der Waals surface area contributed by atoms with Crippen molar-refractivity contribution in [2.75, 3.05) is 20.2 Å². The molecule has 0 saturated carbocycles. The highest BCUT2D eigenvalue weighted by atomic mass is 32.2. The summed E-state index contributed by atoms with van der Waals surface area (Å²) in [6.07, 6.45) is 1.64. The van der Waals surface area contributed by atoms with E-state index in [1.165, 1.54) is 35.6 Å². The van der Waals surface area contributed by atoms with Crippen molar-refractivity contribution in [1.82, 2.24) is 9.03 Å². The molecule has 0 aromatic heterocycles. The lowest BCUT2D eigenvalue weighted by molar-refractivity contribution is 0.114. The van der Waals surface area contributed by atoms with Gasteiger partial charge in [-0.25, -0.2) is 21.6 Å². The molecular formula is C19H24N2O5S2. The van der Waals surface area contributed by atoms with Crippen LogP contribution in [0.15, 0.2) is 64.4 Å². The van der Waals surface area contributed by atoms with Crippen molar-refractivity contribution >= 4 is 20.0 Å². The van der Waals surface area contributed by atoms with Gasteiger partial charge < -0.3 is 4.74 Å². The Morgan fingerprint density at radius 3 is 2.25 bits per heavy atom. The van der Waals surface area contributed by atoms with Crippen molar-refractivity contribution in [2.24, 2.45) is 0 Å². The third kappa shape index (κ3) is 4.98. The largest absolute Gasteiger partial charge is 0.377 e. The zero-order chi connectivity index (χ0) is 20.2. The Bertz CT molecular complexity index is 984. The molecule has 9 heteroatoms. The Hall–Kier alpha value is -1.78. The van der Waals surface area contributed by atoms with Crippen LogP contribution in [0, 0.1) is 0 Å². The molecule has 0 amide bonds. The van der Waals surface area contributed by atoms with E-state index in [1.54, 1.807) is 0 Å². The molecule has 152 valence electrons. The summed E-state index contributed by atoms with van der Waals surface area (Å²) in [5.41, 5.74) is 0.867. The standard InChI is InChI=1S/C19H24N2O5S2/c1-21(15-16-6-3-2-4-7-16)28(24,25)19-11-9-18(10-12-19)27(22,23)20-14-17-8-5-13-26-17/h2-4,6-7,9-12,17,20H,5,8,13-15H2,1H3/t17-/m0/s1. The average molecular weight is 425 g/mol. The Morgan fingerprint density at radius 2 is 1.64 bits per heavy atom. The van der Waals surface area contributed by atoms with Crippen LogP contribution in [-0.2, 0) is 31.3 Å². The molecule has 1 saturated heterocycles. The van der Waals surface area contributed by atoms with Crippen LogP contribution >= 0.6 is 0 Å². The Kier molecular flexibility index (Phi) is 6.51. The monoisotopic (exact) mass is 424 g/mol. The van der Waals surface area contributed by atoms with Gasteiger partial charge >= 0.3 is 0 Å². The SMILES string of the molecule is CN(Cc1ccccc1)S(=O)(=O)c1ccc(S(=O)(=O)NC[C@@H]2CCCO2)cc1. The molecule has 0 bridgehead atoms. The van der Waals surface area contributed by atoms with Gasteiger partial charge in [-0.1, -0.05) is 30.3 Å². The van der Waals surface area contributed by atoms with Gasteiger partial charge in [0.15, 0.2) is 0 Å². The van der Waals surface area contributed by atoms with E-state index in [-0.39, 0.29) is 29.0 Å². The summed E-state index contributed by atoms with van der Waals surface area (Å²) >= 11 is 0. The minimum atomic E-state index is -3.73. The minimum Gasteiger partial charge on any atom is -0.377 e. The van der Waals surface area contributed by atoms with Gasteiger partial charge in [0.05, 0.1) is 15.9 Å². The molecular weight excluding hydrogens is 400 g/mol. The molecule has 1 aliphatic rings. The van der Waals surface area contributed by atoms with E-state index in [4.69, 9.17) is 4.74 Å². The number of hydrogen-bond donors (Lipinski definition) is 1. The Labute approximate surface area is 166 Å². The van der Waals surface area contributed by atoms with E-state index in [1.807, 2.05) is 30.3 Å². The second-order valence-electron chi connectivity index (χ2n) is 6.71. The van der Waals surface area contributed by atoms with Gasteiger partial charge in [0.25, 0.3) is 0 Å². The van der Waals surface area contributed by atoms with Crippen LogP contribution in [0.1, 0.15) is 18.4 Å². The summed E-state index contributed by atoms with van der Waals surface area (Å²) in [5, 5.41) is 0. The number of rotatable bonds is 8. The maximum atomic E-state index is 12.7. The molecule has 1 heterocycles. The van der Waals surface area contributed by atoms with Gasteiger partial charge in [0.1, 0.15) is 0 Å². The van der Waals surface area contributed by atoms with Gasteiger partial charge in [-0.15, -0.1) is 0 Å². The van der Waals surface area contributed by atoms with Crippen LogP contribution in [0.5, 0.6) is 0 Å². The summed E-state index contributed by atoms with van der Waals surface area (Å²) in [5.74, 6) is 0. The molecule has 1 atom stereocenters. The number of ether oxygens (including phenoxy) is 1. The average Bonchev–Trinajstić information content (AvgIpc) is 3.21. The number of nitrogens with one attached hydrogen (secondary N) is 1. The second kappa shape index (κ2) is 8.71. The molecule has 2 aromatic carbocycles. The zero-order valence-electron chi connectivity index (χ0n) is 15.6. The normalized spacial score (nSPS) is 17.9. The number of hydrogen-bond acceptors (Lipinski definition) is 5. The maximum absolute atomic E-state index is 12.7. The van der Waals surface area contributed by atoms with E-state index in [2.05, 4.69) is 4.72 Å². The smallest absolute Gasteiger partial charge is 0.243 e. The first-order valence-electron chi connectivity index (χ1n) is 9.01. The first-order valence-corrected chi connectivity index (χ1v) is 11.9. The highest BCUT2D eigenvalue weighted by Gasteiger charge is 2.23. The fourth-order valence-electron chi connectivity index (χ4n) is 2.99. The first-order chi connectivity index (χ1) is 13.3. The lowest BCUT2D eigenvalue weighted by Gasteiger charge is -2.17. The van der Waals surface area contributed by atoms with Crippen molar-refractivity contribution < 1.29 is 21.6 Å². The first kappa shape index (κ1) is 20.9. The van der Waals surface area contributed by atoms with Crippen LogP contribution in [0.4, 0.5) is 0 Å². The Morgan fingerprint density at radius 1 is 1.00 bits per heavy atom. The highest BCUT2D eigenvalue weighted by molar-refractivity contribution is 7.89. The lowest BCUT2D eigenvalue weighted by atomic mass is 10.2. The fraction of sp³-hybridized carbons (Fsp3) is 0.368. The van der Waals surface area contributed by atoms with Crippen LogP contribution in [0.2, 0.25) is 0 Å². The fourth-order valence-corrected chi connectivity index (χ4v) is 5.21. The number of benzene rings is 2.